The molecular weight excluding hydrogens is 306 g/mol. The van der Waals surface area contributed by atoms with Gasteiger partial charge in [0.1, 0.15) is 0 Å². The molecule has 4 heteroatoms. The molecule has 3 nitrogen and oxygen atoms in total. The minimum atomic E-state index is 0.192. The van der Waals surface area contributed by atoms with E-state index in [1.807, 2.05) is 19.1 Å². The topological polar surface area (TPSA) is 30.5 Å². The van der Waals surface area contributed by atoms with Crippen LogP contribution in [0.5, 0.6) is 0 Å². The molecule has 0 aromatic heterocycles. The Kier molecular flexibility index (Phi) is 5.82. The van der Waals surface area contributed by atoms with Crippen molar-refractivity contribution in [3.8, 4) is 0 Å². The first kappa shape index (κ1) is 15.0. The van der Waals surface area contributed by atoms with Crippen molar-refractivity contribution in [2.45, 2.75) is 45.1 Å². The third-order valence-electron chi connectivity index (χ3n) is 3.43. The van der Waals surface area contributed by atoms with Crippen LogP contribution in [0, 0.1) is 0 Å². The van der Waals surface area contributed by atoms with Crippen LogP contribution in [0.15, 0.2) is 28.7 Å². The van der Waals surface area contributed by atoms with Crippen LogP contribution in [-0.4, -0.2) is 31.4 Å². The predicted octanol–water partition coefficient (Wildman–Crippen LogP) is 3.12. The van der Waals surface area contributed by atoms with Crippen molar-refractivity contribution in [2.75, 3.05) is 13.2 Å². The summed E-state index contributed by atoms with van der Waals surface area (Å²) in [6.07, 6.45) is 1.44. The van der Waals surface area contributed by atoms with Gasteiger partial charge < -0.3 is 14.8 Å². The monoisotopic (exact) mass is 327 g/mol. The lowest BCUT2D eigenvalue weighted by molar-refractivity contribution is -0.149. The molecule has 106 valence electrons. The lowest BCUT2D eigenvalue weighted by atomic mass is 9.85. The number of benzene rings is 1. The summed E-state index contributed by atoms with van der Waals surface area (Å²) in [5.74, 6) is 0. The Morgan fingerprint density at radius 3 is 2.84 bits per heavy atom. The normalized spacial score (nSPS) is 26.2. The first-order valence-electron chi connectivity index (χ1n) is 6.95. The summed E-state index contributed by atoms with van der Waals surface area (Å²) >= 11 is 3.48. The van der Waals surface area contributed by atoms with E-state index >= 15 is 0 Å². The van der Waals surface area contributed by atoms with Crippen molar-refractivity contribution in [2.24, 2.45) is 0 Å². The van der Waals surface area contributed by atoms with Crippen LogP contribution in [-0.2, 0) is 16.1 Å². The van der Waals surface area contributed by atoms with Crippen LogP contribution in [0.2, 0.25) is 0 Å². The van der Waals surface area contributed by atoms with Gasteiger partial charge in [0.15, 0.2) is 0 Å². The summed E-state index contributed by atoms with van der Waals surface area (Å²) in [6, 6.07) is 8.68. The zero-order chi connectivity index (χ0) is 13.7. The van der Waals surface area contributed by atoms with Crippen molar-refractivity contribution < 1.29 is 9.47 Å². The first-order chi connectivity index (χ1) is 9.24. The highest BCUT2D eigenvalue weighted by molar-refractivity contribution is 9.10. The summed E-state index contributed by atoms with van der Waals surface area (Å²) in [7, 11) is 0. The van der Waals surface area contributed by atoms with Crippen molar-refractivity contribution >= 4 is 15.9 Å². The SMILES string of the molecule is CCNC1CC(OCc2cccc(Br)c2)C1OCC. The minimum absolute atomic E-state index is 0.192. The highest BCUT2D eigenvalue weighted by Gasteiger charge is 2.42. The van der Waals surface area contributed by atoms with Gasteiger partial charge in [-0.25, -0.2) is 0 Å². The van der Waals surface area contributed by atoms with E-state index in [-0.39, 0.29) is 12.2 Å². The lowest BCUT2D eigenvalue weighted by Crippen LogP contribution is -2.60. The molecule has 0 heterocycles. The molecule has 1 N–H and O–H groups in total. The molecule has 3 unspecified atom stereocenters. The van der Waals surface area contributed by atoms with Gasteiger partial charge in [0.2, 0.25) is 0 Å². The molecule has 1 saturated carbocycles. The van der Waals surface area contributed by atoms with Gasteiger partial charge in [-0.3, -0.25) is 0 Å². The second-order valence-electron chi connectivity index (χ2n) is 4.80. The van der Waals surface area contributed by atoms with E-state index in [9.17, 15) is 0 Å². The van der Waals surface area contributed by atoms with Gasteiger partial charge in [0.25, 0.3) is 0 Å². The number of nitrogens with one attached hydrogen (secondary N) is 1. The predicted molar refractivity (Wildman–Crippen MR) is 80.2 cm³/mol. The second kappa shape index (κ2) is 7.39. The van der Waals surface area contributed by atoms with Crippen molar-refractivity contribution in [1.29, 1.82) is 0 Å². The van der Waals surface area contributed by atoms with Crippen molar-refractivity contribution in [3.63, 3.8) is 0 Å². The van der Waals surface area contributed by atoms with E-state index in [0.29, 0.717) is 12.6 Å². The summed E-state index contributed by atoms with van der Waals surface area (Å²) in [5, 5.41) is 3.44. The molecular formula is C15H22BrNO2. The number of halogens is 1. The maximum absolute atomic E-state index is 5.97. The summed E-state index contributed by atoms with van der Waals surface area (Å²) in [5.41, 5.74) is 1.19. The van der Waals surface area contributed by atoms with Crippen LogP contribution in [0.4, 0.5) is 0 Å². The highest BCUT2D eigenvalue weighted by atomic mass is 79.9. The van der Waals surface area contributed by atoms with Crippen LogP contribution in [0.3, 0.4) is 0 Å². The minimum Gasteiger partial charge on any atom is -0.374 e. The third kappa shape index (κ3) is 4.02. The molecule has 1 aliphatic carbocycles. The van der Waals surface area contributed by atoms with Crippen LogP contribution >= 0.6 is 15.9 Å². The highest BCUT2D eigenvalue weighted by Crippen LogP contribution is 2.28. The molecule has 0 bridgehead atoms. The molecule has 0 saturated heterocycles. The summed E-state index contributed by atoms with van der Waals surface area (Å²) in [6.45, 7) is 6.52. The number of likely N-dealkylation sites (N-methyl/N-ethyl adjacent to an activating group) is 1. The molecule has 0 spiro atoms. The first-order valence-corrected chi connectivity index (χ1v) is 7.75. The molecule has 1 aromatic carbocycles. The zero-order valence-corrected chi connectivity index (χ0v) is 13.2. The molecule has 1 fully saturated rings. The molecule has 19 heavy (non-hydrogen) atoms. The third-order valence-corrected chi connectivity index (χ3v) is 3.92. The van der Waals surface area contributed by atoms with Gasteiger partial charge in [0.05, 0.1) is 18.8 Å². The van der Waals surface area contributed by atoms with Crippen molar-refractivity contribution in [3.05, 3.63) is 34.3 Å². The summed E-state index contributed by atoms with van der Waals surface area (Å²) in [4.78, 5) is 0. The number of ether oxygens (including phenoxy) is 2. The molecule has 0 aliphatic heterocycles. The maximum Gasteiger partial charge on any atom is 0.0990 e. The van der Waals surface area contributed by atoms with Gasteiger partial charge >= 0.3 is 0 Å². The fourth-order valence-electron chi connectivity index (χ4n) is 2.45. The van der Waals surface area contributed by atoms with E-state index < -0.39 is 0 Å². The van der Waals surface area contributed by atoms with E-state index in [4.69, 9.17) is 9.47 Å². The Bertz CT molecular complexity index is 399. The molecule has 0 amide bonds. The largest absolute Gasteiger partial charge is 0.374 e. The van der Waals surface area contributed by atoms with Crippen LogP contribution in [0.1, 0.15) is 25.8 Å². The van der Waals surface area contributed by atoms with E-state index in [1.165, 1.54) is 5.56 Å². The smallest absolute Gasteiger partial charge is 0.0990 e. The Balaban J connectivity index is 1.82. The van der Waals surface area contributed by atoms with Crippen LogP contribution < -0.4 is 5.32 Å². The number of hydrogen-bond acceptors (Lipinski definition) is 3. The Hall–Kier alpha value is -0.420. The fraction of sp³-hybridized carbons (Fsp3) is 0.600. The summed E-state index contributed by atoms with van der Waals surface area (Å²) < 4.78 is 12.8. The average molecular weight is 328 g/mol. The fourth-order valence-corrected chi connectivity index (χ4v) is 2.90. The van der Waals surface area contributed by atoms with Gasteiger partial charge in [0, 0.05) is 17.1 Å². The molecule has 2 rings (SSSR count). The van der Waals surface area contributed by atoms with Gasteiger partial charge in [-0.1, -0.05) is 35.0 Å². The standard InChI is InChI=1S/C15H22BrNO2/c1-3-17-13-9-14(15(13)18-4-2)19-10-11-6-5-7-12(16)8-11/h5-8,13-15,17H,3-4,9-10H2,1-2H3. The van der Waals surface area contributed by atoms with Crippen molar-refractivity contribution in [1.82, 2.24) is 5.32 Å². The lowest BCUT2D eigenvalue weighted by Gasteiger charge is -2.44. The Morgan fingerprint density at radius 1 is 1.32 bits per heavy atom. The Labute approximate surface area is 123 Å². The maximum atomic E-state index is 5.97. The van der Waals surface area contributed by atoms with E-state index in [1.54, 1.807) is 0 Å². The van der Waals surface area contributed by atoms with E-state index in [2.05, 4.69) is 40.3 Å². The van der Waals surface area contributed by atoms with Crippen LogP contribution in [0.25, 0.3) is 0 Å². The van der Waals surface area contributed by atoms with E-state index in [0.717, 1.165) is 24.0 Å². The molecule has 3 atom stereocenters. The average Bonchev–Trinajstić information content (AvgIpc) is 2.39. The number of rotatable bonds is 7. The second-order valence-corrected chi connectivity index (χ2v) is 5.71. The zero-order valence-electron chi connectivity index (χ0n) is 11.6. The number of hydrogen-bond donors (Lipinski definition) is 1. The molecule has 1 aliphatic rings. The Morgan fingerprint density at radius 2 is 2.16 bits per heavy atom. The quantitative estimate of drug-likeness (QED) is 0.834. The molecule has 1 aromatic rings. The van der Waals surface area contributed by atoms with Gasteiger partial charge in [-0.05, 0) is 37.6 Å². The van der Waals surface area contributed by atoms with Gasteiger partial charge in [-0.2, -0.15) is 0 Å². The molecule has 0 radical (unpaired) electrons. The van der Waals surface area contributed by atoms with Gasteiger partial charge in [-0.15, -0.1) is 0 Å².